The molecule has 3 heterocycles. The van der Waals surface area contributed by atoms with E-state index in [0.717, 1.165) is 16.6 Å². The molecule has 0 saturated heterocycles. The van der Waals surface area contributed by atoms with Crippen LogP contribution >= 0.6 is 0 Å². The zero-order chi connectivity index (χ0) is 19.9. The monoisotopic (exact) mass is 387 g/mol. The summed E-state index contributed by atoms with van der Waals surface area (Å²) in [6.07, 6.45) is 5.36. The van der Waals surface area contributed by atoms with Crippen LogP contribution in [0.5, 0.6) is 0 Å². The molecule has 0 bridgehead atoms. The molecule has 0 atom stereocenters. The number of hydrogen-bond donors (Lipinski definition) is 3. The van der Waals surface area contributed by atoms with Gasteiger partial charge in [-0.25, -0.2) is 0 Å². The Morgan fingerprint density at radius 1 is 0.931 bits per heavy atom. The van der Waals surface area contributed by atoms with Gasteiger partial charge in [0.25, 0.3) is 0 Å². The van der Waals surface area contributed by atoms with E-state index in [2.05, 4.69) is 31.1 Å². The summed E-state index contributed by atoms with van der Waals surface area (Å²) < 4.78 is 1.94. The third kappa shape index (κ3) is 4.86. The second kappa shape index (κ2) is 8.83. The normalized spacial score (nSPS) is 10.6. The van der Waals surface area contributed by atoms with Gasteiger partial charge in [0.15, 0.2) is 5.82 Å². The summed E-state index contributed by atoms with van der Waals surface area (Å²) in [6, 6.07) is 17.4. The van der Waals surface area contributed by atoms with Crippen LogP contribution in [0.4, 0.5) is 17.3 Å². The topological polar surface area (TPSA) is 96.8 Å². The fraction of sp³-hybridized carbons (Fsp3) is 0.143. The van der Waals surface area contributed by atoms with E-state index in [0.29, 0.717) is 31.3 Å². The summed E-state index contributed by atoms with van der Waals surface area (Å²) in [6.45, 7) is 1.35. The predicted octanol–water partition coefficient (Wildman–Crippen LogP) is 2.80. The van der Waals surface area contributed by atoms with Gasteiger partial charge >= 0.3 is 0 Å². The first-order chi connectivity index (χ1) is 14.3. The quantitative estimate of drug-likeness (QED) is 0.402. The molecule has 8 nitrogen and oxygen atoms in total. The van der Waals surface area contributed by atoms with E-state index in [4.69, 9.17) is 0 Å². The largest absolute Gasteiger partial charge is 0.367 e. The Bertz CT molecular complexity index is 1080. The van der Waals surface area contributed by atoms with E-state index in [1.54, 1.807) is 12.4 Å². The molecule has 146 valence electrons. The summed E-state index contributed by atoms with van der Waals surface area (Å²) in [5.41, 5.74) is 1.90. The zero-order valence-corrected chi connectivity index (χ0v) is 15.7. The SMILES string of the molecule is O=C(Cn1ccc2ccccc21)NCCNc1ccc(Nc2cccnc2)nn1. The second-order valence-corrected chi connectivity index (χ2v) is 6.45. The molecule has 3 N–H and O–H groups in total. The van der Waals surface area contributed by atoms with Crippen LogP contribution in [0.25, 0.3) is 10.9 Å². The molecule has 1 amide bonds. The highest BCUT2D eigenvalue weighted by Gasteiger charge is 2.05. The van der Waals surface area contributed by atoms with Crippen molar-refractivity contribution in [3.8, 4) is 0 Å². The van der Waals surface area contributed by atoms with Crippen molar-refractivity contribution in [2.45, 2.75) is 6.54 Å². The Morgan fingerprint density at radius 2 is 1.79 bits per heavy atom. The maximum atomic E-state index is 12.2. The summed E-state index contributed by atoms with van der Waals surface area (Å²) in [5, 5.41) is 18.6. The van der Waals surface area contributed by atoms with Gasteiger partial charge in [-0.05, 0) is 41.8 Å². The Kier molecular flexibility index (Phi) is 5.61. The molecule has 0 saturated carbocycles. The highest BCUT2D eigenvalue weighted by atomic mass is 16.1. The van der Waals surface area contributed by atoms with Crippen molar-refractivity contribution < 1.29 is 4.79 Å². The molecule has 0 aliphatic rings. The van der Waals surface area contributed by atoms with Crippen molar-refractivity contribution >= 4 is 34.1 Å². The number of carbonyl (C=O) groups excluding carboxylic acids is 1. The number of fused-ring (bicyclic) bond motifs is 1. The molecule has 1 aromatic carbocycles. The standard InChI is InChI=1S/C21H21N7O/c29-21(15-28-13-9-16-4-1-2-6-18(16)28)24-12-11-23-19-7-8-20(27-26-19)25-17-5-3-10-22-14-17/h1-10,13-14H,11-12,15H2,(H,23,26)(H,24,29)(H,25,27). The minimum atomic E-state index is -0.0322. The Hall–Kier alpha value is -3.94. The molecule has 0 spiro atoms. The molecule has 0 aliphatic heterocycles. The van der Waals surface area contributed by atoms with Crippen LogP contribution in [-0.2, 0) is 11.3 Å². The number of nitrogens with zero attached hydrogens (tertiary/aromatic N) is 4. The molecule has 3 aromatic heterocycles. The predicted molar refractivity (Wildman–Crippen MR) is 113 cm³/mol. The Morgan fingerprint density at radius 3 is 2.62 bits per heavy atom. The van der Waals surface area contributed by atoms with Gasteiger partial charge in [-0.3, -0.25) is 9.78 Å². The Labute approximate surface area is 168 Å². The molecular formula is C21H21N7O. The lowest BCUT2D eigenvalue weighted by Gasteiger charge is -2.09. The summed E-state index contributed by atoms with van der Waals surface area (Å²) in [7, 11) is 0. The van der Waals surface area contributed by atoms with Gasteiger partial charge in [0, 0.05) is 31.0 Å². The van der Waals surface area contributed by atoms with Gasteiger partial charge in [-0.1, -0.05) is 18.2 Å². The van der Waals surface area contributed by atoms with Gasteiger partial charge in [0.05, 0.1) is 11.9 Å². The van der Waals surface area contributed by atoms with E-state index in [-0.39, 0.29) is 5.91 Å². The Balaban J connectivity index is 1.20. The summed E-state index contributed by atoms with van der Waals surface area (Å²) in [5.74, 6) is 1.25. The van der Waals surface area contributed by atoms with Crippen molar-refractivity contribution in [2.24, 2.45) is 0 Å². The average Bonchev–Trinajstić information content (AvgIpc) is 3.16. The molecular weight excluding hydrogens is 366 g/mol. The van der Waals surface area contributed by atoms with E-state index in [9.17, 15) is 4.79 Å². The van der Waals surface area contributed by atoms with Crippen LogP contribution < -0.4 is 16.0 Å². The smallest absolute Gasteiger partial charge is 0.240 e. The number of nitrogens with one attached hydrogen (secondary N) is 3. The van der Waals surface area contributed by atoms with E-state index < -0.39 is 0 Å². The van der Waals surface area contributed by atoms with Crippen LogP contribution in [0, 0.1) is 0 Å². The third-order valence-electron chi connectivity index (χ3n) is 4.35. The molecule has 8 heteroatoms. The van der Waals surface area contributed by atoms with Crippen LogP contribution in [-0.4, -0.2) is 38.7 Å². The number of hydrogen-bond acceptors (Lipinski definition) is 6. The second-order valence-electron chi connectivity index (χ2n) is 6.45. The number of para-hydroxylation sites is 1. The lowest BCUT2D eigenvalue weighted by molar-refractivity contribution is -0.121. The highest BCUT2D eigenvalue weighted by Crippen LogP contribution is 2.15. The molecule has 29 heavy (non-hydrogen) atoms. The molecule has 0 radical (unpaired) electrons. The number of aromatic nitrogens is 4. The lowest BCUT2D eigenvalue weighted by atomic mass is 10.2. The highest BCUT2D eigenvalue weighted by molar-refractivity contribution is 5.83. The fourth-order valence-electron chi connectivity index (χ4n) is 2.96. The van der Waals surface area contributed by atoms with E-state index in [1.807, 2.05) is 65.4 Å². The van der Waals surface area contributed by atoms with Crippen LogP contribution in [0.3, 0.4) is 0 Å². The number of amides is 1. The number of benzene rings is 1. The van der Waals surface area contributed by atoms with Gasteiger partial charge in [0.2, 0.25) is 5.91 Å². The van der Waals surface area contributed by atoms with Gasteiger partial charge in [0.1, 0.15) is 12.4 Å². The summed E-state index contributed by atoms with van der Waals surface area (Å²) >= 11 is 0. The minimum Gasteiger partial charge on any atom is -0.367 e. The molecule has 0 aliphatic carbocycles. The molecule has 4 aromatic rings. The maximum Gasteiger partial charge on any atom is 0.240 e. The average molecular weight is 387 g/mol. The zero-order valence-electron chi connectivity index (χ0n) is 15.7. The number of carbonyl (C=O) groups is 1. The summed E-state index contributed by atoms with van der Waals surface area (Å²) in [4.78, 5) is 16.2. The van der Waals surface area contributed by atoms with E-state index >= 15 is 0 Å². The molecule has 0 fully saturated rings. The maximum absolute atomic E-state index is 12.2. The van der Waals surface area contributed by atoms with Crippen LogP contribution in [0.15, 0.2) is 73.2 Å². The van der Waals surface area contributed by atoms with Crippen LogP contribution in [0.1, 0.15) is 0 Å². The van der Waals surface area contributed by atoms with Gasteiger partial charge in [-0.2, -0.15) is 0 Å². The van der Waals surface area contributed by atoms with Crippen molar-refractivity contribution in [3.63, 3.8) is 0 Å². The van der Waals surface area contributed by atoms with E-state index in [1.165, 1.54) is 0 Å². The van der Waals surface area contributed by atoms with Crippen molar-refractivity contribution in [1.82, 2.24) is 25.1 Å². The number of pyridine rings is 1. The first-order valence-electron chi connectivity index (χ1n) is 9.33. The first kappa shape index (κ1) is 18.4. The molecule has 0 unspecified atom stereocenters. The minimum absolute atomic E-state index is 0.0322. The molecule has 4 rings (SSSR count). The van der Waals surface area contributed by atoms with Gasteiger partial charge in [-0.15, -0.1) is 10.2 Å². The third-order valence-corrected chi connectivity index (χ3v) is 4.35. The van der Waals surface area contributed by atoms with Gasteiger partial charge < -0.3 is 20.5 Å². The first-order valence-corrected chi connectivity index (χ1v) is 9.33. The van der Waals surface area contributed by atoms with Crippen molar-refractivity contribution in [2.75, 3.05) is 23.7 Å². The number of rotatable bonds is 8. The lowest BCUT2D eigenvalue weighted by Crippen LogP contribution is -2.31. The van der Waals surface area contributed by atoms with Crippen molar-refractivity contribution in [1.29, 1.82) is 0 Å². The van der Waals surface area contributed by atoms with Crippen molar-refractivity contribution in [3.05, 3.63) is 73.2 Å². The fourth-order valence-corrected chi connectivity index (χ4v) is 2.96. The van der Waals surface area contributed by atoms with Crippen LogP contribution in [0.2, 0.25) is 0 Å². The number of anilines is 3.